The van der Waals surface area contributed by atoms with Gasteiger partial charge in [0, 0.05) is 43.0 Å². The fourth-order valence-corrected chi connectivity index (χ4v) is 3.17. The third-order valence-corrected chi connectivity index (χ3v) is 4.45. The van der Waals surface area contributed by atoms with Gasteiger partial charge in [-0.3, -0.25) is 9.59 Å². The Labute approximate surface area is 148 Å². The van der Waals surface area contributed by atoms with Crippen molar-refractivity contribution in [2.75, 3.05) is 25.5 Å². The maximum Gasteiger partial charge on any atom is 0.253 e. The third kappa shape index (κ3) is 4.18. The summed E-state index contributed by atoms with van der Waals surface area (Å²) >= 11 is 0. The fraction of sp³-hybridized carbons (Fsp3) is 0.300. The number of nitrogens with zero attached hydrogens (tertiary/aromatic N) is 1. The lowest BCUT2D eigenvalue weighted by Crippen LogP contribution is -2.45. The minimum absolute atomic E-state index is 0.0229. The lowest BCUT2D eigenvalue weighted by molar-refractivity contribution is 0.0715. The predicted octanol–water partition coefficient (Wildman–Crippen LogP) is 2.76. The highest BCUT2D eigenvalue weighted by atomic mass is 16.2. The highest BCUT2D eigenvalue weighted by Gasteiger charge is 2.24. The summed E-state index contributed by atoms with van der Waals surface area (Å²) in [6.45, 7) is 1.41. The lowest BCUT2D eigenvalue weighted by Gasteiger charge is -2.33. The van der Waals surface area contributed by atoms with Crippen molar-refractivity contribution in [2.45, 2.75) is 18.9 Å². The summed E-state index contributed by atoms with van der Waals surface area (Å²) < 4.78 is 0. The average Bonchev–Trinajstić information content (AvgIpc) is 2.68. The van der Waals surface area contributed by atoms with Gasteiger partial charge in [-0.15, -0.1) is 0 Å². The molecular formula is C20H23N3O2. The van der Waals surface area contributed by atoms with E-state index in [1.165, 1.54) is 0 Å². The Balaban J connectivity index is 1.68. The Morgan fingerprint density at radius 3 is 2.56 bits per heavy atom. The molecule has 1 heterocycles. The van der Waals surface area contributed by atoms with E-state index in [4.69, 9.17) is 0 Å². The van der Waals surface area contributed by atoms with Crippen LogP contribution in [0.15, 0.2) is 54.6 Å². The average molecular weight is 337 g/mol. The summed E-state index contributed by atoms with van der Waals surface area (Å²) in [4.78, 5) is 26.5. The van der Waals surface area contributed by atoms with Crippen LogP contribution in [0.2, 0.25) is 0 Å². The van der Waals surface area contributed by atoms with E-state index < -0.39 is 0 Å². The van der Waals surface area contributed by atoms with Gasteiger partial charge in [0.15, 0.2) is 0 Å². The van der Waals surface area contributed by atoms with Crippen molar-refractivity contribution in [3.05, 3.63) is 65.7 Å². The molecule has 25 heavy (non-hydrogen) atoms. The number of amides is 2. The van der Waals surface area contributed by atoms with E-state index in [-0.39, 0.29) is 17.9 Å². The third-order valence-electron chi connectivity index (χ3n) is 4.45. The Hall–Kier alpha value is -2.82. The van der Waals surface area contributed by atoms with Gasteiger partial charge in [-0.05, 0) is 43.2 Å². The van der Waals surface area contributed by atoms with Crippen LogP contribution in [-0.4, -0.2) is 42.9 Å². The van der Waals surface area contributed by atoms with Crippen molar-refractivity contribution in [2.24, 2.45) is 0 Å². The molecule has 2 aromatic rings. The number of anilines is 1. The van der Waals surface area contributed by atoms with Gasteiger partial charge in [-0.25, -0.2) is 0 Å². The SMILES string of the molecule is CNC(=O)c1cccc(C(=O)N2CCC[C@H](Nc3ccccc3)C2)c1. The highest BCUT2D eigenvalue weighted by molar-refractivity contribution is 5.99. The van der Waals surface area contributed by atoms with Gasteiger partial charge < -0.3 is 15.5 Å². The van der Waals surface area contributed by atoms with Crippen molar-refractivity contribution >= 4 is 17.5 Å². The summed E-state index contributed by atoms with van der Waals surface area (Å²) in [7, 11) is 1.58. The van der Waals surface area contributed by atoms with E-state index in [2.05, 4.69) is 10.6 Å². The molecule has 0 unspecified atom stereocenters. The standard InChI is InChI=1S/C20H23N3O2/c1-21-19(24)15-7-5-8-16(13-15)20(25)23-12-6-11-18(14-23)22-17-9-3-2-4-10-17/h2-5,7-10,13,18,22H,6,11-12,14H2,1H3,(H,21,24)/t18-/m0/s1. The normalized spacial score (nSPS) is 17.0. The van der Waals surface area contributed by atoms with Crippen molar-refractivity contribution in [1.82, 2.24) is 10.2 Å². The quantitative estimate of drug-likeness (QED) is 0.902. The molecule has 0 spiro atoms. The van der Waals surface area contributed by atoms with Crippen LogP contribution in [0.25, 0.3) is 0 Å². The Kier molecular flexibility index (Phi) is 5.33. The molecule has 0 bridgehead atoms. The first-order valence-corrected chi connectivity index (χ1v) is 8.60. The summed E-state index contributed by atoms with van der Waals surface area (Å²) in [5.74, 6) is -0.206. The van der Waals surface area contributed by atoms with Gasteiger partial charge in [0.1, 0.15) is 0 Å². The molecule has 0 aliphatic carbocycles. The Morgan fingerprint density at radius 2 is 1.80 bits per heavy atom. The van der Waals surface area contributed by atoms with Gasteiger partial charge in [-0.2, -0.15) is 0 Å². The molecule has 1 saturated heterocycles. The zero-order chi connectivity index (χ0) is 17.6. The molecule has 0 aromatic heterocycles. The van der Waals surface area contributed by atoms with Gasteiger partial charge in [0.2, 0.25) is 0 Å². The molecule has 2 aromatic carbocycles. The monoisotopic (exact) mass is 337 g/mol. The van der Waals surface area contributed by atoms with Crippen molar-refractivity contribution in [1.29, 1.82) is 0 Å². The second kappa shape index (κ2) is 7.83. The maximum atomic E-state index is 12.8. The lowest BCUT2D eigenvalue weighted by atomic mass is 10.0. The van der Waals surface area contributed by atoms with Gasteiger partial charge >= 0.3 is 0 Å². The highest BCUT2D eigenvalue weighted by Crippen LogP contribution is 2.18. The van der Waals surface area contributed by atoms with E-state index in [1.54, 1.807) is 31.3 Å². The fourth-order valence-electron chi connectivity index (χ4n) is 3.17. The van der Waals surface area contributed by atoms with Crippen LogP contribution in [0.3, 0.4) is 0 Å². The minimum atomic E-state index is -0.183. The zero-order valence-corrected chi connectivity index (χ0v) is 14.4. The van der Waals surface area contributed by atoms with Gasteiger partial charge in [-0.1, -0.05) is 24.3 Å². The smallest absolute Gasteiger partial charge is 0.253 e. The molecule has 5 heteroatoms. The van der Waals surface area contributed by atoms with E-state index in [0.29, 0.717) is 17.7 Å². The van der Waals surface area contributed by atoms with Gasteiger partial charge in [0.05, 0.1) is 0 Å². The van der Waals surface area contributed by atoms with Crippen LogP contribution in [0, 0.1) is 0 Å². The van der Waals surface area contributed by atoms with Crippen molar-refractivity contribution in [3.8, 4) is 0 Å². The number of para-hydroxylation sites is 1. The topological polar surface area (TPSA) is 61.4 Å². The number of rotatable bonds is 4. The van der Waals surface area contributed by atoms with Crippen molar-refractivity contribution in [3.63, 3.8) is 0 Å². The molecular weight excluding hydrogens is 314 g/mol. The summed E-state index contributed by atoms with van der Waals surface area (Å²) in [6.07, 6.45) is 2.00. The van der Waals surface area contributed by atoms with Crippen molar-refractivity contribution < 1.29 is 9.59 Å². The molecule has 1 atom stereocenters. The van der Waals surface area contributed by atoms with E-state index in [9.17, 15) is 9.59 Å². The summed E-state index contributed by atoms with van der Waals surface area (Å²) in [5, 5.41) is 6.09. The molecule has 2 amide bonds. The van der Waals surface area contributed by atoms with Crippen LogP contribution >= 0.6 is 0 Å². The molecule has 0 radical (unpaired) electrons. The molecule has 5 nitrogen and oxygen atoms in total. The Morgan fingerprint density at radius 1 is 1.04 bits per heavy atom. The maximum absolute atomic E-state index is 12.8. The number of nitrogens with one attached hydrogen (secondary N) is 2. The molecule has 0 saturated carbocycles. The minimum Gasteiger partial charge on any atom is -0.381 e. The van der Waals surface area contributed by atoms with Crippen LogP contribution in [0.5, 0.6) is 0 Å². The van der Waals surface area contributed by atoms with Crippen LogP contribution in [-0.2, 0) is 0 Å². The number of hydrogen-bond acceptors (Lipinski definition) is 3. The number of carbonyl (C=O) groups excluding carboxylic acids is 2. The number of carbonyl (C=O) groups is 2. The summed E-state index contributed by atoms with van der Waals surface area (Å²) in [6, 6.07) is 17.2. The molecule has 130 valence electrons. The molecule has 1 fully saturated rings. The summed E-state index contributed by atoms with van der Waals surface area (Å²) in [5.41, 5.74) is 2.13. The molecule has 2 N–H and O–H groups in total. The number of likely N-dealkylation sites (tertiary alicyclic amines) is 1. The number of piperidine rings is 1. The van der Waals surface area contributed by atoms with Gasteiger partial charge in [0.25, 0.3) is 11.8 Å². The second-order valence-corrected chi connectivity index (χ2v) is 6.26. The molecule has 1 aliphatic heterocycles. The zero-order valence-electron chi connectivity index (χ0n) is 14.4. The van der Waals surface area contributed by atoms with Crippen LogP contribution in [0.1, 0.15) is 33.6 Å². The van der Waals surface area contributed by atoms with E-state index in [0.717, 1.165) is 25.1 Å². The Bertz CT molecular complexity index is 746. The van der Waals surface area contributed by atoms with E-state index in [1.807, 2.05) is 35.2 Å². The van der Waals surface area contributed by atoms with Crippen LogP contribution < -0.4 is 10.6 Å². The first kappa shape index (κ1) is 17.0. The predicted molar refractivity (Wildman–Crippen MR) is 98.8 cm³/mol. The molecule has 1 aliphatic rings. The number of hydrogen-bond donors (Lipinski definition) is 2. The number of benzene rings is 2. The first-order chi connectivity index (χ1) is 12.2. The molecule has 3 rings (SSSR count). The van der Waals surface area contributed by atoms with Crippen LogP contribution in [0.4, 0.5) is 5.69 Å². The second-order valence-electron chi connectivity index (χ2n) is 6.26. The first-order valence-electron chi connectivity index (χ1n) is 8.60. The van der Waals surface area contributed by atoms with E-state index >= 15 is 0 Å². The largest absolute Gasteiger partial charge is 0.381 e.